The van der Waals surface area contributed by atoms with Crippen LogP contribution >= 0.6 is 0 Å². The first-order valence-corrected chi connectivity index (χ1v) is 5.91. The molecule has 0 radical (unpaired) electrons. The van der Waals surface area contributed by atoms with Crippen LogP contribution in [0.25, 0.3) is 0 Å². The molecule has 17 heavy (non-hydrogen) atoms. The zero-order chi connectivity index (χ0) is 12.7. The van der Waals surface area contributed by atoms with E-state index in [9.17, 15) is 9.59 Å². The highest BCUT2D eigenvalue weighted by Gasteiger charge is 2.26. The summed E-state index contributed by atoms with van der Waals surface area (Å²) in [6.07, 6.45) is 0.411. The van der Waals surface area contributed by atoms with Crippen molar-refractivity contribution in [2.45, 2.75) is 13.3 Å². The lowest BCUT2D eigenvalue weighted by Crippen LogP contribution is -2.40. The van der Waals surface area contributed by atoms with Crippen molar-refractivity contribution in [3.05, 3.63) is 0 Å². The van der Waals surface area contributed by atoms with E-state index >= 15 is 0 Å². The third-order valence-corrected chi connectivity index (χ3v) is 2.75. The number of carbonyl (C=O) groups is 2. The number of amides is 1. The fourth-order valence-electron chi connectivity index (χ4n) is 1.76. The van der Waals surface area contributed by atoms with Crippen molar-refractivity contribution in [3.63, 3.8) is 0 Å². The van der Waals surface area contributed by atoms with Crippen molar-refractivity contribution in [1.29, 1.82) is 0 Å². The summed E-state index contributed by atoms with van der Waals surface area (Å²) in [4.78, 5) is 24.8. The van der Waals surface area contributed by atoms with Crippen LogP contribution in [0.1, 0.15) is 13.3 Å². The van der Waals surface area contributed by atoms with Gasteiger partial charge in [0.05, 0.1) is 19.8 Å². The van der Waals surface area contributed by atoms with Crippen LogP contribution in [-0.4, -0.2) is 56.2 Å². The summed E-state index contributed by atoms with van der Waals surface area (Å²) in [6, 6.07) is 0. The first-order valence-electron chi connectivity index (χ1n) is 5.91. The fraction of sp³-hybridized carbons (Fsp3) is 0.818. The minimum atomic E-state index is -0.835. The standard InChI is InChI=1S/C11H20N2O4/c1-2-17-11(15)9(10(12)14)3-4-13-5-7-16-8-6-13/h9H,2-8H2,1H3,(H2,12,14). The van der Waals surface area contributed by atoms with Crippen LogP contribution in [0.4, 0.5) is 0 Å². The van der Waals surface area contributed by atoms with Gasteiger partial charge in [0.15, 0.2) is 0 Å². The summed E-state index contributed by atoms with van der Waals surface area (Å²) in [6.45, 7) is 5.68. The Bertz CT molecular complexity index is 264. The molecule has 1 unspecified atom stereocenters. The summed E-state index contributed by atoms with van der Waals surface area (Å²) in [5, 5.41) is 0. The second kappa shape index (κ2) is 7.24. The Morgan fingerprint density at radius 3 is 2.59 bits per heavy atom. The molecule has 1 rings (SSSR count). The fourth-order valence-corrected chi connectivity index (χ4v) is 1.76. The number of nitrogens with zero attached hydrogens (tertiary/aromatic N) is 1. The molecule has 1 saturated heterocycles. The Kier molecular flexibility index (Phi) is 5.93. The highest BCUT2D eigenvalue weighted by molar-refractivity contribution is 5.96. The van der Waals surface area contributed by atoms with E-state index in [2.05, 4.69) is 4.90 Å². The van der Waals surface area contributed by atoms with Crippen molar-refractivity contribution < 1.29 is 19.1 Å². The first-order chi connectivity index (χ1) is 8.15. The van der Waals surface area contributed by atoms with Gasteiger partial charge in [-0.15, -0.1) is 0 Å². The maximum absolute atomic E-state index is 11.5. The van der Waals surface area contributed by atoms with Crippen LogP contribution in [0.3, 0.4) is 0 Å². The normalized spacial score (nSPS) is 18.6. The molecule has 0 aliphatic carbocycles. The van der Waals surface area contributed by atoms with Gasteiger partial charge in [-0.1, -0.05) is 0 Å². The number of hydrogen-bond acceptors (Lipinski definition) is 5. The van der Waals surface area contributed by atoms with Crippen molar-refractivity contribution in [2.24, 2.45) is 11.7 Å². The van der Waals surface area contributed by atoms with Crippen LogP contribution in [0.5, 0.6) is 0 Å². The molecule has 0 aromatic rings. The molecule has 6 nitrogen and oxygen atoms in total. The molecule has 2 N–H and O–H groups in total. The maximum atomic E-state index is 11.5. The van der Waals surface area contributed by atoms with Gasteiger partial charge in [-0.3, -0.25) is 14.5 Å². The summed E-state index contributed by atoms with van der Waals surface area (Å²) in [7, 11) is 0. The third-order valence-electron chi connectivity index (χ3n) is 2.75. The molecule has 0 aromatic carbocycles. The van der Waals surface area contributed by atoms with Gasteiger partial charge in [-0.05, 0) is 19.9 Å². The van der Waals surface area contributed by atoms with Gasteiger partial charge in [0, 0.05) is 13.1 Å². The van der Waals surface area contributed by atoms with Crippen LogP contribution in [-0.2, 0) is 19.1 Å². The second-order valence-electron chi connectivity index (χ2n) is 3.95. The minimum absolute atomic E-state index is 0.264. The number of nitrogens with two attached hydrogens (primary N) is 1. The molecule has 98 valence electrons. The largest absolute Gasteiger partial charge is 0.465 e. The van der Waals surface area contributed by atoms with E-state index in [1.807, 2.05) is 0 Å². The van der Waals surface area contributed by atoms with E-state index < -0.39 is 17.8 Å². The summed E-state index contributed by atoms with van der Waals surface area (Å²) < 4.78 is 10.0. The van der Waals surface area contributed by atoms with Gasteiger partial charge in [0.25, 0.3) is 0 Å². The summed E-state index contributed by atoms with van der Waals surface area (Å²) >= 11 is 0. The molecule has 1 aliphatic rings. The van der Waals surface area contributed by atoms with E-state index in [1.165, 1.54) is 0 Å². The van der Waals surface area contributed by atoms with E-state index in [0.29, 0.717) is 26.2 Å². The average Bonchev–Trinajstić information content (AvgIpc) is 2.30. The quantitative estimate of drug-likeness (QED) is 0.497. The van der Waals surface area contributed by atoms with E-state index in [-0.39, 0.29) is 6.61 Å². The highest BCUT2D eigenvalue weighted by Crippen LogP contribution is 2.08. The molecule has 0 spiro atoms. The second-order valence-corrected chi connectivity index (χ2v) is 3.95. The Morgan fingerprint density at radius 1 is 1.41 bits per heavy atom. The zero-order valence-electron chi connectivity index (χ0n) is 10.2. The average molecular weight is 244 g/mol. The number of ether oxygens (including phenoxy) is 2. The minimum Gasteiger partial charge on any atom is -0.465 e. The van der Waals surface area contributed by atoms with Crippen molar-refractivity contribution in [1.82, 2.24) is 4.90 Å². The highest BCUT2D eigenvalue weighted by atomic mass is 16.5. The van der Waals surface area contributed by atoms with Gasteiger partial charge in [-0.2, -0.15) is 0 Å². The summed E-state index contributed by atoms with van der Waals surface area (Å²) in [5.41, 5.74) is 5.20. The Labute approximate surface area is 101 Å². The lowest BCUT2D eigenvalue weighted by atomic mass is 10.0. The molecule has 1 amide bonds. The van der Waals surface area contributed by atoms with Crippen molar-refractivity contribution >= 4 is 11.9 Å². The van der Waals surface area contributed by atoms with Gasteiger partial charge in [0.2, 0.25) is 5.91 Å². The van der Waals surface area contributed by atoms with E-state index in [0.717, 1.165) is 13.1 Å². The van der Waals surface area contributed by atoms with E-state index in [1.54, 1.807) is 6.92 Å². The third kappa shape index (κ3) is 4.70. The van der Waals surface area contributed by atoms with Gasteiger partial charge < -0.3 is 15.2 Å². The Morgan fingerprint density at radius 2 is 2.06 bits per heavy atom. The molecule has 6 heteroatoms. The van der Waals surface area contributed by atoms with Crippen LogP contribution in [0.15, 0.2) is 0 Å². The number of esters is 1. The lowest BCUT2D eigenvalue weighted by molar-refractivity contribution is -0.151. The first kappa shape index (κ1) is 13.9. The number of hydrogen-bond donors (Lipinski definition) is 1. The number of primary amides is 1. The number of rotatable bonds is 6. The summed E-state index contributed by atoms with van der Waals surface area (Å²) in [5.74, 6) is -1.97. The predicted molar refractivity (Wildman–Crippen MR) is 61.2 cm³/mol. The molecule has 1 atom stereocenters. The van der Waals surface area contributed by atoms with Crippen LogP contribution < -0.4 is 5.73 Å². The van der Waals surface area contributed by atoms with Crippen LogP contribution in [0, 0.1) is 5.92 Å². The topological polar surface area (TPSA) is 81.9 Å². The lowest BCUT2D eigenvalue weighted by Gasteiger charge is -2.27. The van der Waals surface area contributed by atoms with E-state index in [4.69, 9.17) is 15.2 Å². The molecular formula is C11H20N2O4. The molecule has 0 saturated carbocycles. The van der Waals surface area contributed by atoms with Crippen molar-refractivity contribution in [3.8, 4) is 0 Å². The molecular weight excluding hydrogens is 224 g/mol. The maximum Gasteiger partial charge on any atom is 0.318 e. The monoisotopic (exact) mass is 244 g/mol. The number of carbonyl (C=O) groups excluding carboxylic acids is 2. The molecule has 1 aliphatic heterocycles. The smallest absolute Gasteiger partial charge is 0.318 e. The van der Waals surface area contributed by atoms with Gasteiger partial charge in [0.1, 0.15) is 5.92 Å². The van der Waals surface area contributed by atoms with Gasteiger partial charge >= 0.3 is 5.97 Å². The SMILES string of the molecule is CCOC(=O)C(CCN1CCOCC1)C(N)=O. The zero-order valence-corrected chi connectivity index (χ0v) is 10.2. The molecule has 0 aromatic heterocycles. The Hall–Kier alpha value is -1.14. The van der Waals surface area contributed by atoms with Crippen LogP contribution in [0.2, 0.25) is 0 Å². The number of morpholine rings is 1. The van der Waals surface area contributed by atoms with Crippen molar-refractivity contribution in [2.75, 3.05) is 39.5 Å². The molecule has 1 heterocycles. The predicted octanol–water partition coefficient (Wildman–Crippen LogP) is -0.627. The molecule has 0 bridgehead atoms. The van der Waals surface area contributed by atoms with Gasteiger partial charge in [-0.25, -0.2) is 0 Å². The molecule has 1 fully saturated rings. The Balaban J connectivity index is 2.38.